The van der Waals surface area contributed by atoms with Gasteiger partial charge in [0, 0.05) is 11.5 Å². The fraction of sp³-hybridized carbons (Fsp3) is 0.529. The van der Waals surface area contributed by atoms with Gasteiger partial charge in [0.05, 0.1) is 17.0 Å². The van der Waals surface area contributed by atoms with Crippen LogP contribution in [0.25, 0.3) is 11.0 Å². The van der Waals surface area contributed by atoms with E-state index in [-0.39, 0.29) is 17.4 Å². The number of carbonyl (C=O) groups is 1. The van der Waals surface area contributed by atoms with Crippen molar-refractivity contribution in [2.45, 2.75) is 51.5 Å². The zero-order valence-corrected chi connectivity index (χ0v) is 12.8. The Morgan fingerprint density at radius 3 is 2.62 bits per heavy atom. The highest BCUT2D eigenvalue weighted by molar-refractivity contribution is 5.76. The van der Waals surface area contributed by atoms with Gasteiger partial charge in [-0.05, 0) is 52.2 Å². The molecule has 1 aromatic carbocycles. The lowest BCUT2D eigenvalue weighted by atomic mass is 10.0. The van der Waals surface area contributed by atoms with E-state index in [0.29, 0.717) is 6.42 Å². The van der Waals surface area contributed by atoms with E-state index < -0.39 is 5.97 Å². The first kappa shape index (κ1) is 14.1. The van der Waals surface area contributed by atoms with E-state index in [1.54, 1.807) is 0 Å². The van der Waals surface area contributed by atoms with Gasteiger partial charge in [0.2, 0.25) is 0 Å². The van der Waals surface area contributed by atoms with E-state index in [4.69, 9.17) is 4.98 Å². The molecule has 1 saturated carbocycles. The zero-order chi connectivity index (χ0) is 15.2. The van der Waals surface area contributed by atoms with Gasteiger partial charge < -0.3 is 9.67 Å². The van der Waals surface area contributed by atoms with Crippen molar-refractivity contribution in [2.75, 3.05) is 0 Å². The van der Waals surface area contributed by atoms with E-state index in [0.717, 1.165) is 29.7 Å². The summed E-state index contributed by atoms with van der Waals surface area (Å²) in [5, 5.41) is 9.22. The number of para-hydroxylation sites is 2. The van der Waals surface area contributed by atoms with E-state index in [9.17, 15) is 9.90 Å². The molecule has 0 aliphatic heterocycles. The Labute approximate surface area is 124 Å². The molecule has 2 aromatic rings. The lowest BCUT2D eigenvalue weighted by Gasteiger charge is -2.26. The van der Waals surface area contributed by atoms with Crippen molar-refractivity contribution >= 4 is 17.0 Å². The maximum Gasteiger partial charge on any atom is 0.306 e. The summed E-state index contributed by atoms with van der Waals surface area (Å²) in [6, 6.07) is 8.16. The summed E-state index contributed by atoms with van der Waals surface area (Å²) in [7, 11) is 0. The third-order valence-electron chi connectivity index (χ3n) is 4.40. The van der Waals surface area contributed by atoms with Crippen molar-refractivity contribution in [3.63, 3.8) is 0 Å². The molecule has 3 rings (SSSR count). The molecule has 4 nitrogen and oxygen atoms in total. The number of carboxylic acids is 1. The highest BCUT2D eigenvalue weighted by Crippen LogP contribution is 2.40. The van der Waals surface area contributed by atoms with Gasteiger partial charge >= 0.3 is 5.97 Å². The van der Waals surface area contributed by atoms with Gasteiger partial charge in [-0.25, -0.2) is 4.98 Å². The number of nitrogens with zero attached hydrogens (tertiary/aromatic N) is 2. The maximum atomic E-state index is 11.2. The largest absolute Gasteiger partial charge is 0.481 e. The van der Waals surface area contributed by atoms with Crippen molar-refractivity contribution in [1.29, 1.82) is 0 Å². The quantitative estimate of drug-likeness (QED) is 0.914. The molecule has 112 valence electrons. The Balaban J connectivity index is 2.08. The van der Waals surface area contributed by atoms with E-state index in [1.165, 1.54) is 0 Å². The fourth-order valence-electron chi connectivity index (χ4n) is 3.46. The Hall–Kier alpha value is -1.84. The van der Waals surface area contributed by atoms with E-state index >= 15 is 0 Å². The lowest BCUT2D eigenvalue weighted by molar-refractivity contribution is -0.141. The van der Waals surface area contributed by atoms with E-state index in [1.807, 2.05) is 18.2 Å². The van der Waals surface area contributed by atoms with Crippen molar-refractivity contribution in [3.8, 4) is 0 Å². The Bertz CT molecular complexity index is 682. The van der Waals surface area contributed by atoms with Crippen LogP contribution < -0.4 is 0 Å². The lowest BCUT2D eigenvalue weighted by Crippen LogP contribution is -2.25. The number of benzene rings is 1. The van der Waals surface area contributed by atoms with Crippen LogP contribution in [-0.4, -0.2) is 20.6 Å². The minimum absolute atomic E-state index is 0.0628. The zero-order valence-electron chi connectivity index (χ0n) is 12.8. The third-order valence-corrected chi connectivity index (χ3v) is 4.40. The standard InChI is InChI=1S/C17H22N2O2/c1-17(2,3)19-14-7-5-4-6-13(14)18-15(19)11-8-9-12(10-11)16(20)21/h4-7,11-12H,8-10H2,1-3H3,(H,20,21). The molecule has 2 unspecified atom stereocenters. The van der Waals surface area contributed by atoms with Gasteiger partial charge in [-0.3, -0.25) is 4.79 Å². The van der Waals surface area contributed by atoms with Crippen LogP contribution in [0.1, 0.15) is 51.8 Å². The van der Waals surface area contributed by atoms with Gasteiger partial charge in [0.25, 0.3) is 0 Å². The normalized spacial score (nSPS) is 22.8. The second kappa shape index (κ2) is 4.86. The molecule has 1 aliphatic rings. The van der Waals surface area contributed by atoms with Gasteiger partial charge in [0.1, 0.15) is 5.82 Å². The molecular formula is C17H22N2O2. The van der Waals surface area contributed by atoms with Gasteiger partial charge in [-0.2, -0.15) is 0 Å². The SMILES string of the molecule is CC(C)(C)n1c(C2CCC(C(=O)O)C2)nc2ccccc21. The van der Waals surface area contributed by atoms with Crippen molar-refractivity contribution < 1.29 is 9.90 Å². The van der Waals surface area contributed by atoms with Crippen molar-refractivity contribution in [3.05, 3.63) is 30.1 Å². The summed E-state index contributed by atoms with van der Waals surface area (Å²) >= 11 is 0. The van der Waals surface area contributed by atoms with Crippen molar-refractivity contribution in [2.24, 2.45) is 5.92 Å². The molecule has 0 saturated heterocycles. The number of aliphatic carboxylic acids is 1. The van der Waals surface area contributed by atoms with Gasteiger partial charge in [0.15, 0.2) is 0 Å². The van der Waals surface area contributed by atoms with Crippen LogP contribution in [0.15, 0.2) is 24.3 Å². The average Bonchev–Trinajstić information content (AvgIpc) is 3.02. The molecular weight excluding hydrogens is 264 g/mol. The molecule has 1 heterocycles. The first-order valence-corrected chi connectivity index (χ1v) is 7.58. The summed E-state index contributed by atoms with van der Waals surface area (Å²) in [6.45, 7) is 6.52. The molecule has 0 radical (unpaired) electrons. The second-order valence-electron chi connectivity index (χ2n) is 7.01. The van der Waals surface area contributed by atoms with Crippen LogP contribution in [0.3, 0.4) is 0 Å². The van der Waals surface area contributed by atoms with Crippen LogP contribution in [0.5, 0.6) is 0 Å². The van der Waals surface area contributed by atoms with Crippen molar-refractivity contribution in [1.82, 2.24) is 9.55 Å². The van der Waals surface area contributed by atoms with E-state index in [2.05, 4.69) is 31.4 Å². The monoisotopic (exact) mass is 286 g/mol. The number of fused-ring (bicyclic) bond motifs is 1. The molecule has 21 heavy (non-hydrogen) atoms. The smallest absolute Gasteiger partial charge is 0.306 e. The van der Waals surface area contributed by atoms with Crippen LogP contribution in [0.2, 0.25) is 0 Å². The molecule has 4 heteroatoms. The fourth-order valence-corrected chi connectivity index (χ4v) is 3.46. The molecule has 1 fully saturated rings. The van der Waals surface area contributed by atoms with Crippen LogP contribution in [-0.2, 0) is 10.3 Å². The summed E-state index contributed by atoms with van der Waals surface area (Å²) in [4.78, 5) is 16.0. The Kier molecular flexibility index (Phi) is 3.27. The molecule has 0 spiro atoms. The number of rotatable bonds is 2. The highest BCUT2D eigenvalue weighted by atomic mass is 16.4. The summed E-state index contributed by atoms with van der Waals surface area (Å²) in [6.07, 6.45) is 2.37. The van der Waals surface area contributed by atoms with Gasteiger partial charge in [-0.1, -0.05) is 12.1 Å². The summed E-state index contributed by atoms with van der Waals surface area (Å²) in [5.41, 5.74) is 2.08. The number of imidazole rings is 1. The highest BCUT2D eigenvalue weighted by Gasteiger charge is 2.35. The van der Waals surface area contributed by atoms with Crippen LogP contribution >= 0.6 is 0 Å². The number of hydrogen-bond acceptors (Lipinski definition) is 2. The van der Waals surface area contributed by atoms with Crippen LogP contribution in [0.4, 0.5) is 0 Å². The Morgan fingerprint density at radius 2 is 2.00 bits per heavy atom. The summed E-state index contributed by atoms with van der Waals surface area (Å²) < 4.78 is 2.29. The molecule has 0 amide bonds. The predicted octanol–water partition coefficient (Wildman–Crippen LogP) is 3.76. The first-order valence-electron chi connectivity index (χ1n) is 7.58. The topological polar surface area (TPSA) is 55.1 Å². The minimum atomic E-state index is -0.670. The third kappa shape index (κ3) is 2.43. The number of aromatic nitrogens is 2. The number of hydrogen-bond donors (Lipinski definition) is 1. The summed E-state index contributed by atoms with van der Waals surface area (Å²) in [5.74, 6) is 0.407. The molecule has 1 aromatic heterocycles. The predicted molar refractivity (Wildman–Crippen MR) is 82.4 cm³/mol. The second-order valence-corrected chi connectivity index (χ2v) is 7.01. The van der Waals surface area contributed by atoms with Gasteiger partial charge in [-0.15, -0.1) is 0 Å². The number of carboxylic acid groups (broad SMARTS) is 1. The molecule has 1 aliphatic carbocycles. The molecule has 1 N–H and O–H groups in total. The van der Waals surface area contributed by atoms with Crippen LogP contribution in [0, 0.1) is 5.92 Å². The average molecular weight is 286 g/mol. The Morgan fingerprint density at radius 1 is 1.29 bits per heavy atom. The molecule has 2 atom stereocenters. The first-order chi connectivity index (χ1) is 9.88. The minimum Gasteiger partial charge on any atom is -0.481 e. The molecule has 0 bridgehead atoms. The maximum absolute atomic E-state index is 11.2.